The summed E-state index contributed by atoms with van der Waals surface area (Å²) in [6.45, 7) is 6.74. The first-order chi connectivity index (χ1) is 12.0. The number of hydrogen-bond donors (Lipinski definition) is 2. The number of ether oxygens (including phenoxy) is 2. The van der Waals surface area contributed by atoms with Gasteiger partial charge in [-0.2, -0.15) is 0 Å². The van der Waals surface area contributed by atoms with Gasteiger partial charge in [0.05, 0.1) is 23.8 Å². The molecular formula is C19H23N3O3. The van der Waals surface area contributed by atoms with Crippen molar-refractivity contribution < 1.29 is 14.3 Å². The number of amides is 1. The molecule has 2 fully saturated rings. The van der Waals surface area contributed by atoms with Crippen molar-refractivity contribution in [1.29, 1.82) is 0 Å². The molecule has 132 valence electrons. The van der Waals surface area contributed by atoms with E-state index in [2.05, 4.69) is 10.3 Å². The van der Waals surface area contributed by atoms with E-state index in [1.807, 2.05) is 26.0 Å². The van der Waals surface area contributed by atoms with E-state index in [0.29, 0.717) is 29.4 Å². The van der Waals surface area contributed by atoms with Gasteiger partial charge < -0.3 is 20.5 Å². The first kappa shape index (κ1) is 16.1. The van der Waals surface area contributed by atoms with E-state index in [4.69, 9.17) is 15.2 Å². The van der Waals surface area contributed by atoms with Crippen molar-refractivity contribution in [2.24, 2.45) is 23.5 Å². The van der Waals surface area contributed by atoms with Crippen LogP contribution in [0.25, 0.3) is 10.9 Å². The van der Waals surface area contributed by atoms with Crippen molar-refractivity contribution in [3.63, 3.8) is 0 Å². The van der Waals surface area contributed by atoms with Crippen molar-refractivity contribution in [3.05, 3.63) is 30.0 Å². The molecule has 2 heterocycles. The van der Waals surface area contributed by atoms with Gasteiger partial charge in [-0.1, -0.05) is 0 Å². The van der Waals surface area contributed by atoms with E-state index in [9.17, 15) is 4.79 Å². The van der Waals surface area contributed by atoms with Crippen LogP contribution in [-0.2, 0) is 0 Å². The Hall–Kier alpha value is -2.34. The molecule has 3 atom stereocenters. The number of nitrogens with zero attached hydrogens (tertiary/aromatic N) is 1. The molecule has 1 saturated heterocycles. The first-order valence-corrected chi connectivity index (χ1v) is 8.77. The van der Waals surface area contributed by atoms with Gasteiger partial charge in [0.2, 0.25) is 0 Å². The van der Waals surface area contributed by atoms with Crippen LogP contribution in [0, 0.1) is 17.8 Å². The number of piperidine rings is 1. The minimum Gasteiger partial charge on any atom is -0.493 e. The zero-order valence-corrected chi connectivity index (χ0v) is 14.5. The molecule has 0 bridgehead atoms. The maximum Gasteiger partial charge on any atom is 0.252 e. The van der Waals surface area contributed by atoms with Crippen molar-refractivity contribution in [2.75, 3.05) is 19.7 Å². The lowest BCUT2D eigenvalue weighted by molar-refractivity contribution is 0.0994. The lowest BCUT2D eigenvalue weighted by atomic mass is 10.1. The Morgan fingerprint density at radius 3 is 2.76 bits per heavy atom. The van der Waals surface area contributed by atoms with Crippen LogP contribution in [0.5, 0.6) is 11.5 Å². The third kappa shape index (κ3) is 3.02. The number of aromatic nitrogens is 1. The molecule has 1 aromatic carbocycles. The summed E-state index contributed by atoms with van der Waals surface area (Å²) in [5.74, 6) is 2.88. The molecule has 1 aliphatic carbocycles. The Kier molecular flexibility index (Phi) is 4.00. The number of hydrogen-bond acceptors (Lipinski definition) is 5. The van der Waals surface area contributed by atoms with Crippen LogP contribution in [0.3, 0.4) is 0 Å². The van der Waals surface area contributed by atoms with Gasteiger partial charge in [-0.3, -0.25) is 9.78 Å². The van der Waals surface area contributed by atoms with E-state index in [-0.39, 0.29) is 6.10 Å². The molecule has 1 aliphatic heterocycles. The summed E-state index contributed by atoms with van der Waals surface area (Å²) < 4.78 is 11.9. The molecule has 1 amide bonds. The van der Waals surface area contributed by atoms with Gasteiger partial charge in [-0.25, -0.2) is 0 Å². The summed E-state index contributed by atoms with van der Waals surface area (Å²) in [5, 5.41) is 4.24. The summed E-state index contributed by atoms with van der Waals surface area (Å²) in [6, 6.07) is 5.35. The quantitative estimate of drug-likeness (QED) is 0.839. The zero-order valence-electron chi connectivity index (χ0n) is 14.5. The Bertz CT molecular complexity index is 811. The van der Waals surface area contributed by atoms with Gasteiger partial charge in [0.15, 0.2) is 0 Å². The predicted molar refractivity (Wildman–Crippen MR) is 94.9 cm³/mol. The molecular weight excluding hydrogens is 318 g/mol. The van der Waals surface area contributed by atoms with Gasteiger partial charge in [0.25, 0.3) is 5.91 Å². The molecule has 3 N–H and O–H groups in total. The molecule has 2 aliphatic rings. The number of carbonyl (C=O) groups is 1. The molecule has 6 heteroatoms. The Morgan fingerprint density at radius 2 is 2.08 bits per heavy atom. The summed E-state index contributed by atoms with van der Waals surface area (Å²) in [6.07, 6.45) is 1.63. The van der Waals surface area contributed by atoms with Crippen molar-refractivity contribution in [3.8, 4) is 11.5 Å². The molecule has 1 aromatic heterocycles. The minimum atomic E-state index is -0.524. The second-order valence-electron chi connectivity index (χ2n) is 7.17. The summed E-state index contributed by atoms with van der Waals surface area (Å²) >= 11 is 0. The van der Waals surface area contributed by atoms with Gasteiger partial charge >= 0.3 is 0 Å². The molecule has 2 unspecified atom stereocenters. The molecule has 0 radical (unpaired) electrons. The number of rotatable bonds is 6. The highest BCUT2D eigenvalue weighted by Gasteiger charge is 2.53. The Balaban J connectivity index is 1.63. The second-order valence-corrected chi connectivity index (χ2v) is 7.17. The van der Waals surface area contributed by atoms with Crippen LogP contribution in [0.1, 0.15) is 24.2 Å². The largest absolute Gasteiger partial charge is 0.493 e. The average molecular weight is 341 g/mol. The van der Waals surface area contributed by atoms with Crippen LogP contribution in [0.2, 0.25) is 0 Å². The van der Waals surface area contributed by atoms with Crippen LogP contribution in [0.15, 0.2) is 24.4 Å². The van der Waals surface area contributed by atoms with E-state index < -0.39 is 5.91 Å². The minimum absolute atomic E-state index is 0.0603. The topological polar surface area (TPSA) is 86.5 Å². The standard InChI is InChI=1S/C19H23N3O3/c1-10(2)25-18-6-11-16(5-12(18)19(20)23)22-4-3-17(11)24-9-15-13-7-21-8-14(13)15/h3-6,10,13-15,21H,7-9H2,1-2H3,(H2,20,23)/t13-,14?,15?/m0/s1. The van der Waals surface area contributed by atoms with Crippen LogP contribution >= 0.6 is 0 Å². The molecule has 0 spiro atoms. The number of fused-ring (bicyclic) bond motifs is 2. The highest BCUT2D eigenvalue weighted by Crippen LogP contribution is 2.48. The van der Waals surface area contributed by atoms with Crippen molar-refractivity contribution >= 4 is 16.8 Å². The van der Waals surface area contributed by atoms with Crippen molar-refractivity contribution in [1.82, 2.24) is 10.3 Å². The Morgan fingerprint density at radius 1 is 1.32 bits per heavy atom. The Labute approximate surface area is 146 Å². The predicted octanol–water partition coefficient (Wildman–Crippen LogP) is 1.97. The van der Waals surface area contributed by atoms with E-state index in [0.717, 1.165) is 36.1 Å². The third-order valence-electron chi connectivity index (χ3n) is 5.13. The van der Waals surface area contributed by atoms with Crippen molar-refractivity contribution in [2.45, 2.75) is 20.0 Å². The smallest absolute Gasteiger partial charge is 0.252 e. The van der Waals surface area contributed by atoms with Crippen LogP contribution in [0.4, 0.5) is 0 Å². The van der Waals surface area contributed by atoms with Gasteiger partial charge in [0, 0.05) is 17.5 Å². The average Bonchev–Trinajstić information content (AvgIpc) is 2.99. The molecule has 4 rings (SSSR count). The number of nitrogens with one attached hydrogen (secondary N) is 1. The molecule has 2 aromatic rings. The lowest BCUT2D eigenvalue weighted by Crippen LogP contribution is -2.18. The molecule has 6 nitrogen and oxygen atoms in total. The maximum atomic E-state index is 11.7. The first-order valence-electron chi connectivity index (χ1n) is 8.77. The zero-order chi connectivity index (χ0) is 17.6. The second kappa shape index (κ2) is 6.19. The van der Waals surface area contributed by atoms with Gasteiger partial charge in [-0.05, 0) is 57.0 Å². The number of benzene rings is 1. The summed E-state index contributed by atoms with van der Waals surface area (Å²) in [4.78, 5) is 16.1. The number of carbonyl (C=O) groups excluding carboxylic acids is 1. The summed E-state index contributed by atoms with van der Waals surface area (Å²) in [7, 11) is 0. The van der Waals surface area contributed by atoms with Crippen LogP contribution in [-0.4, -0.2) is 36.7 Å². The maximum absolute atomic E-state index is 11.7. The summed E-state index contributed by atoms with van der Waals surface area (Å²) in [5.41, 5.74) is 6.52. The van der Waals surface area contributed by atoms with Gasteiger partial charge in [0.1, 0.15) is 11.5 Å². The van der Waals surface area contributed by atoms with E-state index >= 15 is 0 Å². The lowest BCUT2D eigenvalue weighted by Gasteiger charge is -2.15. The fraction of sp³-hybridized carbons (Fsp3) is 0.474. The van der Waals surface area contributed by atoms with E-state index in [1.165, 1.54) is 0 Å². The van der Waals surface area contributed by atoms with Crippen LogP contribution < -0.4 is 20.5 Å². The van der Waals surface area contributed by atoms with E-state index in [1.54, 1.807) is 12.3 Å². The number of nitrogens with two attached hydrogens (primary N) is 1. The highest BCUT2D eigenvalue weighted by atomic mass is 16.5. The SMILES string of the molecule is CC(C)Oc1cc2c(OCC3C4CNC[C@@H]43)ccnc2cc1C(N)=O. The van der Waals surface area contributed by atoms with Gasteiger partial charge in [-0.15, -0.1) is 0 Å². The monoisotopic (exact) mass is 341 g/mol. The number of primary amides is 1. The molecule has 25 heavy (non-hydrogen) atoms. The fourth-order valence-corrected chi connectivity index (χ4v) is 3.80. The number of pyridine rings is 1. The highest BCUT2D eigenvalue weighted by molar-refractivity contribution is 6.01. The fourth-order valence-electron chi connectivity index (χ4n) is 3.80. The normalized spacial score (nSPS) is 24.4. The third-order valence-corrected chi connectivity index (χ3v) is 5.13. The molecule has 1 saturated carbocycles.